The molecule has 0 heterocycles. The van der Waals surface area contributed by atoms with Crippen LogP contribution in [0.25, 0.3) is 0 Å². The smallest absolute Gasteiger partial charge is 0.261 e. The molecule has 7 heteroatoms. The van der Waals surface area contributed by atoms with Gasteiger partial charge < -0.3 is 16.8 Å². The summed E-state index contributed by atoms with van der Waals surface area (Å²) in [7, 11) is -1.88. The molecule has 2 rings (SSSR count). The fraction of sp³-hybridized carbons (Fsp3) is 0.0769. The van der Waals surface area contributed by atoms with Crippen LogP contribution in [-0.4, -0.2) is 15.5 Å². The number of nitrogen functional groups attached to an aromatic ring is 2. The summed E-state index contributed by atoms with van der Waals surface area (Å²) < 4.78 is 26.8. The minimum Gasteiger partial charge on any atom is -0.397 e. The molecular formula is C13H16N4O2S. The Bertz CT molecular complexity index is 712. The SMILES string of the molecule is CNc1ccc(S(=O)(=O)Nc2ccc(N)c(N)c2)cc1. The normalized spacial score (nSPS) is 11.1. The molecule has 0 bridgehead atoms. The summed E-state index contributed by atoms with van der Waals surface area (Å²) in [6, 6.07) is 11.0. The topological polar surface area (TPSA) is 110 Å². The molecule has 2 aromatic rings. The number of anilines is 4. The lowest BCUT2D eigenvalue weighted by Crippen LogP contribution is -2.13. The summed E-state index contributed by atoms with van der Waals surface area (Å²) in [4.78, 5) is 0.173. The van der Waals surface area contributed by atoms with Crippen molar-refractivity contribution in [3.05, 3.63) is 42.5 Å². The van der Waals surface area contributed by atoms with Crippen LogP contribution < -0.4 is 21.5 Å². The number of nitrogens with two attached hydrogens (primary N) is 2. The second-order valence-electron chi connectivity index (χ2n) is 4.22. The molecule has 0 spiro atoms. The minimum atomic E-state index is -3.64. The van der Waals surface area contributed by atoms with E-state index in [2.05, 4.69) is 10.0 Å². The molecule has 0 radical (unpaired) electrons. The van der Waals surface area contributed by atoms with Crippen LogP contribution >= 0.6 is 0 Å². The van der Waals surface area contributed by atoms with Crippen LogP contribution in [-0.2, 0) is 10.0 Å². The fourth-order valence-electron chi connectivity index (χ4n) is 1.65. The van der Waals surface area contributed by atoms with Crippen LogP contribution in [0.5, 0.6) is 0 Å². The van der Waals surface area contributed by atoms with Crippen LogP contribution in [0.1, 0.15) is 0 Å². The van der Waals surface area contributed by atoms with Gasteiger partial charge in [-0.25, -0.2) is 8.42 Å². The highest BCUT2D eigenvalue weighted by Gasteiger charge is 2.14. The molecule has 0 fully saturated rings. The van der Waals surface area contributed by atoms with E-state index < -0.39 is 10.0 Å². The first-order valence-corrected chi connectivity index (χ1v) is 7.36. The van der Waals surface area contributed by atoms with Gasteiger partial charge in [0.25, 0.3) is 10.0 Å². The van der Waals surface area contributed by atoms with Crippen molar-refractivity contribution >= 4 is 32.8 Å². The molecule has 6 nitrogen and oxygen atoms in total. The summed E-state index contributed by atoms with van der Waals surface area (Å²) in [5.74, 6) is 0. The lowest BCUT2D eigenvalue weighted by molar-refractivity contribution is 0.601. The predicted molar refractivity (Wildman–Crippen MR) is 82.1 cm³/mol. The van der Waals surface area contributed by atoms with E-state index in [1.807, 2.05) is 0 Å². The molecule has 0 saturated carbocycles. The lowest BCUT2D eigenvalue weighted by Gasteiger charge is -2.10. The Morgan fingerprint density at radius 1 is 0.900 bits per heavy atom. The van der Waals surface area contributed by atoms with Gasteiger partial charge in [-0.3, -0.25) is 4.72 Å². The highest BCUT2D eigenvalue weighted by atomic mass is 32.2. The largest absolute Gasteiger partial charge is 0.397 e. The number of hydrogen-bond donors (Lipinski definition) is 4. The highest BCUT2D eigenvalue weighted by Crippen LogP contribution is 2.23. The van der Waals surface area contributed by atoms with Gasteiger partial charge in [-0.2, -0.15) is 0 Å². The first-order chi connectivity index (χ1) is 9.42. The Balaban J connectivity index is 2.27. The van der Waals surface area contributed by atoms with E-state index in [1.54, 1.807) is 31.3 Å². The monoisotopic (exact) mass is 292 g/mol. The Morgan fingerprint density at radius 3 is 2.05 bits per heavy atom. The van der Waals surface area contributed by atoms with E-state index in [4.69, 9.17) is 11.5 Å². The average molecular weight is 292 g/mol. The summed E-state index contributed by atoms with van der Waals surface area (Å²) in [6.07, 6.45) is 0. The molecule has 0 aliphatic carbocycles. The molecule has 6 N–H and O–H groups in total. The second-order valence-corrected chi connectivity index (χ2v) is 5.91. The maximum atomic E-state index is 12.2. The zero-order valence-corrected chi connectivity index (χ0v) is 11.7. The number of benzene rings is 2. The van der Waals surface area contributed by atoms with E-state index in [9.17, 15) is 8.42 Å². The molecular weight excluding hydrogens is 276 g/mol. The van der Waals surface area contributed by atoms with Gasteiger partial charge in [0.1, 0.15) is 0 Å². The molecule has 20 heavy (non-hydrogen) atoms. The van der Waals surface area contributed by atoms with Gasteiger partial charge in [-0.05, 0) is 42.5 Å². The van der Waals surface area contributed by atoms with Gasteiger partial charge in [-0.1, -0.05) is 0 Å². The second kappa shape index (κ2) is 5.30. The quantitative estimate of drug-likeness (QED) is 0.641. The van der Waals surface area contributed by atoms with Crippen LogP contribution in [0, 0.1) is 0 Å². The first-order valence-electron chi connectivity index (χ1n) is 5.88. The summed E-state index contributed by atoms with van der Waals surface area (Å²) in [5, 5.41) is 2.92. The van der Waals surface area contributed by atoms with E-state index in [-0.39, 0.29) is 4.90 Å². The van der Waals surface area contributed by atoms with Gasteiger partial charge in [0, 0.05) is 12.7 Å². The Morgan fingerprint density at radius 2 is 1.50 bits per heavy atom. The van der Waals surface area contributed by atoms with E-state index >= 15 is 0 Å². The zero-order chi connectivity index (χ0) is 14.8. The van der Waals surface area contributed by atoms with Gasteiger partial charge in [0.2, 0.25) is 0 Å². The van der Waals surface area contributed by atoms with Crippen LogP contribution in [0.2, 0.25) is 0 Å². The lowest BCUT2D eigenvalue weighted by atomic mass is 10.2. The molecule has 106 valence electrons. The number of hydrogen-bond acceptors (Lipinski definition) is 5. The van der Waals surface area contributed by atoms with Crippen molar-refractivity contribution in [2.45, 2.75) is 4.90 Å². The number of sulfonamides is 1. The molecule has 0 saturated heterocycles. The van der Waals surface area contributed by atoms with Crippen molar-refractivity contribution in [3.63, 3.8) is 0 Å². The molecule has 0 aliphatic rings. The van der Waals surface area contributed by atoms with Crippen molar-refractivity contribution in [2.75, 3.05) is 28.6 Å². The van der Waals surface area contributed by atoms with Gasteiger partial charge >= 0.3 is 0 Å². The third kappa shape index (κ3) is 2.94. The summed E-state index contributed by atoms with van der Waals surface area (Å²) in [6.45, 7) is 0. The van der Waals surface area contributed by atoms with Crippen LogP contribution in [0.4, 0.5) is 22.7 Å². The molecule has 2 aromatic carbocycles. The molecule has 0 aromatic heterocycles. The first kappa shape index (κ1) is 14.0. The molecule has 0 atom stereocenters. The van der Waals surface area contributed by atoms with E-state index in [1.165, 1.54) is 18.2 Å². The maximum Gasteiger partial charge on any atom is 0.261 e. The number of nitrogens with one attached hydrogen (secondary N) is 2. The van der Waals surface area contributed by atoms with Crippen molar-refractivity contribution in [2.24, 2.45) is 0 Å². The van der Waals surface area contributed by atoms with E-state index in [0.717, 1.165) is 5.69 Å². The van der Waals surface area contributed by atoms with Crippen molar-refractivity contribution < 1.29 is 8.42 Å². The third-order valence-corrected chi connectivity index (χ3v) is 4.19. The fourth-order valence-corrected chi connectivity index (χ4v) is 2.70. The van der Waals surface area contributed by atoms with Crippen molar-refractivity contribution in [1.82, 2.24) is 0 Å². The van der Waals surface area contributed by atoms with Crippen molar-refractivity contribution in [3.8, 4) is 0 Å². The minimum absolute atomic E-state index is 0.173. The molecule has 0 aliphatic heterocycles. The van der Waals surface area contributed by atoms with Crippen LogP contribution in [0.3, 0.4) is 0 Å². The molecule has 0 amide bonds. The Kier molecular flexibility index (Phi) is 3.71. The summed E-state index contributed by atoms with van der Waals surface area (Å²) in [5.41, 5.74) is 13.2. The van der Waals surface area contributed by atoms with Crippen molar-refractivity contribution in [1.29, 1.82) is 0 Å². The van der Waals surface area contributed by atoms with Gasteiger partial charge in [0.05, 0.1) is 22.0 Å². The Hall–Kier alpha value is -2.41. The van der Waals surface area contributed by atoms with Crippen LogP contribution in [0.15, 0.2) is 47.4 Å². The zero-order valence-electron chi connectivity index (χ0n) is 10.9. The van der Waals surface area contributed by atoms with E-state index in [0.29, 0.717) is 17.1 Å². The number of rotatable bonds is 4. The molecule has 0 unspecified atom stereocenters. The standard InChI is InChI=1S/C13H16N4O2S/c1-16-9-2-5-11(6-3-9)20(18,19)17-10-4-7-12(14)13(15)8-10/h2-8,16-17H,14-15H2,1H3. The predicted octanol–water partition coefficient (Wildman–Crippen LogP) is 1.69. The van der Waals surface area contributed by atoms with Gasteiger partial charge in [0.15, 0.2) is 0 Å². The van der Waals surface area contributed by atoms with Gasteiger partial charge in [-0.15, -0.1) is 0 Å². The Labute approximate surface area is 117 Å². The highest BCUT2D eigenvalue weighted by molar-refractivity contribution is 7.92. The maximum absolute atomic E-state index is 12.2. The average Bonchev–Trinajstić information content (AvgIpc) is 2.43. The summed E-state index contributed by atoms with van der Waals surface area (Å²) >= 11 is 0. The third-order valence-electron chi connectivity index (χ3n) is 2.79.